The van der Waals surface area contributed by atoms with Gasteiger partial charge in [-0.3, -0.25) is 4.90 Å². The minimum absolute atomic E-state index is 0.158. The molecule has 1 aliphatic rings. The summed E-state index contributed by atoms with van der Waals surface area (Å²) in [5.41, 5.74) is 1.08. The third-order valence-corrected chi connectivity index (χ3v) is 3.77. The van der Waals surface area contributed by atoms with Crippen LogP contribution in [0.3, 0.4) is 0 Å². The second-order valence-electron chi connectivity index (χ2n) is 4.68. The molecule has 1 aromatic rings. The molecule has 0 radical (unpaired) electrons. The molecule has 4 nitrogen and oxygen atoms in total. The summed E-state index contributed by atoms with van der Waals surface area (Å²) in [5, 5.41) is 6.70. The number of hydrogen-bond donors (Lipinski definition) is 2. The molecular formula is C14H20FN3OS. The standard InChI is InChI=1S/C14H20FN3OS/c1-16-14(20)17-10-13(18-6-8-19-9-7-18)11-2-4-12(15)5-3-11/h2-5,13H,6-10H2,1H3,(H2,16,17,20)/t13-/m0/s1. The number of thiocarbonyl (C=S) groups is 1. The smallest absolute Gasteiger partial charge is 0.166 e. The summed E-state index contributed by atoms with van der Waals surface area (Å²) >= 11 is 5.12. The van der Waals surface area contributed by atoms with E-state index in [1.54, 1.807) is 7.05 Å². The van der Waals surface area contributed by atoms with Gasteiger partial charge in [-0.25, -0.2) is 4.39 Å². The molecule has 0 unspecified atom stereocenters. The third-order valence-electron chi connectivity index (χ3n) is 3.42. The minimum Gasteiger partial charge on any atom is -0.379 e. The molecule has 1 atom stereocenters. The van der Waals surface area contributed by atoms with E-state index in [1.807, 2.05) is 12.1 Å². The van der Waals surface area contributed by atoms with Gasteiger partial charge in [0.05, 0.1) is 19.3 Å². The maximum absolute atomic E-state index is 13.1. The van der Waals surface area contributed by atoms with Crippen LogP contribution in [0.15, 0.2) is 24.3 Å². The highest BCUT2D eigenvalue weighted by Crippen LogP contribution is 2.21. The van der Waals surface area contributed by atoms with E-state index in [9.17, 15) is 4.39 Å². The fourth-order valence-electron chi connectivity index (χ4n) is 2.31. The number of rotatable bonds is 4. The Hall–Kier alpha value is -1.24. The van der Waals surface area contributed by atoms with Crippen molar-refractivity contribution in [2.45, 2.75) is 6.04 Å². The van der Waals surface area contributed by atoms with Crippen LogP contribution in [0, 0.1) is 5.82 Å². The van der Waals surface area contributed by atoms with Crippen LogP contribution in [-0.2, 0) is 4.74 Å². The van der Waals surface area contributed by atoms with E-state index in [1.165, 1.54) is 12.1 Å². The average Bonchev–Trinajstić information content (AvgIpc) is 2.50. The predicted octanol–water partition coefficient (Wildman–Crippen LogP) is 1.29. The summed E-state index contributed by atoms with van der Waals surface area (Å²) in [7, 11) is 1.79. The highest BCUT2D eigenvalue weighted by molar-refractivity contribution is 7.80. The maximum atomic E-state index is 13.1. The van der Waals surface area contributed by atoms with E-state index < -0.39 is 0 Å². The summed E-state index contributed by atoms with van der Waals surface area (Å²) in [6, 6.07) is 6.82. The zero-order valence-electron chi connectivity index (χ0n) is 11.6. The van der Waals surface area contributed by atoms with Gasteiger partial charge in [0.2, 0.25) is 0 Å². The Morgan fingerprint density at radius 1 is 1.35 bits per heavy atom. The molecule has 0 aliphatic carbocycles. The zero-order chi connectivity index (χ0) is 14.4. The second-order valence-corrected chi connectivity index (χ2v) is 5.08. The summed E-state index contributed by atoms with van der Waals surface area (Å²) < 4.78 is 18.5. The Morgan fingerprint density at radius 3 is 2.60 bits per heavy atom. The van der Waals surface area contributed by atoms with Crippen molar-refractivity contribution in [2.24, 2.45) is 0 Å². The molecular weight excluding hydrogens is 277 g/mol. The first-order chi connectivity index (χ1) is 9.70. The number of benzene rings is 1. The van der Waals surface area contributed by atoms with Crippen LogP contribution in [0.2, 0.25) is 0 Å². The second kappa shape index (κ2) is 7.52. The van der Waals surface area contributed by atoms with Gasteiger partial charge in [0, 0.05) is 26.7 Å². The Kier molecular flexibility index (Phi) is 5.70. The van der Waals surface area contributed by atoms with Crippen molar-refractivity contribution in [3.63, 3.8) is 0 Å². The average molecular weight is 297 g/mol. The van der Waals surface area contributed by atoms with Gasteiger partial charge in [-0.05, 0) is 29.9 Å². The molecule has 1 heterocycles. The fraction of sp³-hybridized carbons (Fsp3) is 0.500. The molecule has 2 N–H and O–H groups in total. The van der Waals surface area contributed by atoms with E-state index in [0.29, 0.717) is 11.7 Å². The lowest BCUT2D eigenvalue weighted by atomic mass is 10.0. The van der Waals surface area contributed by atoms with Gasteiger partial charge in [0.15, 0.2) is 5.11 Å². The van der Waals surface area contributed by atoms with Crippen LogP contribution >= 0.6 is 12.2 Å². The molecule has 0 spiro atoms. The van der Waals surface area contributed by atoms with Gasteiger partial charge >= 0.3 is 0 Å². The lowest BCUT2D eigenvalue weighted by Crippen LogP contribution is -2.45. The van der Waals surface area contributed by atoms with Crippen LogP contribution in [0.4, 0.5) is 4.39 Å². The van der Waals surface area contributed by atoms with Crippen LogP contribution in [0.25, 0.3) is 0 Å². The summed E-state index contributed by atoms with van der Waals surface area (Å²) in [4.78, 5) is 2.34. The Labute approximate surface area is 124 Å². The first kappa shape index (κ1) is 15.2. The molecule has 1 fully saturated rings. The number of nitrogens with one attached hydrogen (secondary N) is 2. The minimum atomic E-state index is -0.215. The Balaban J connectivity index is 2.09. The van der Waals surface area contributed by atoms with E-state index in [2.05, 4.69) is 15.5 Å². The molecule has 110 valence electrons. The summed E-state index contributed by atoms with van der Waals surface area (Å²) in [5.74, 6) is -0.215. The molecule has 6 heteroatoms. The van der Waals surface area contributed by atoms with Gasteiger partial charge in [-0.2, -0.15) is 0 Å². The SMILES string of the molecule is CNC(=S)NC[C@@H](c1ccc(F)cc1)N1CCOCC1. The monoisotopic (exact) mass is 297 g/mol. The molecule has 1 saturated heterocycles. The number of morpholine rings is 1. The van der Waals surface area contributed by atoms with E-state index in [0.717, 1.165) is 31.9 Å². The van der Waals surface area contributed by atoms with Crippen LogP contribution in [-0.4, -0.2) is 49.9 Å². The van der Waals surface area contributed by atoms with Gasteiger partial charge in [-0.15, -0.1) is 0 Å². The molecule has 2 rings (SSSR count). The van der Waals surface area contributed by atoms with Crippen molar-refractivity contribution in [1.82, 2.24) is 15.5 Å². The lowest BCUT2D eigenvalue weighted by molar-refractivity contribution is 0.0170. The van der Waals surface area contributed by atoms with Gasteiger partial charge < -0.3 is 15.4 Å². The molecule has 0 bridgehead atoms. The van der Waals surface area contributed by atoms with Gasteiger partial charge in [0.25, 0.3) is 0 Å². The van der Waals surface area contributed by atoms with Crippen molar-refractivity contribution in [2.75, 3.05) is 39.9 Å². The van der Waals surface area contributed by atoms with Gasteiger partial charge in [-0.1, -0.05) is 12.1 Å². The molecule has 0 amide bonds. The topological polar surface area (TPSA) is 36.5 Å². The van der Waals surface area contributed by atoms with Crippen LogP contribution in [0.5, 0.6) is 0 Å². The van der Waals surface area contributed by atoms with Crippen LogP contribution in [0.1, 0.15) is 11.6 Å². The quantitative estimate of drug-likeness (QED) is 0.819. The normalized spacial score (nSPS) is 17.5. The number of halogens is 1. The van der Waals surface area contributed by atoms with Gasteiger partial charge in [0.1, 0.15) is 5.82 Å². The van der Waals surface area contributed by atoms with Crippen molar-refractivity contribution in [3.8, 4) is 0 Å². The molecule has 1 aromatic carbocycles. The number of ether oxygens (including phenoxy) is 1. The maximum Gasteiger partial charge on any atom is 0.166 e. The highest BCUT2D eigenvalue weighted by Gasteiger charge is 2.22. The molecule has 20 heavy (non-hydrogen) atoms. The molecule has 0 saturated carbocycles. The lowest BCUT2D eigenvalue weighted by Gasteiger charge is -2.35. The largest absolute Gasteiger partial charge is 0.379 e. The Morgan fingerprint density at radius 2 is 2.00 bits per heavy atom. The molecule has 0 aromatic heterocycles. The van der Waals surface area contributed by atoms with Crippen molar-refractivity contribution >= 4 is 17.3 Å². The van der Waals surface area contributed by atoms with Crippen LogP contribution < -0.4 is 10.6 Å². The number of nitrogens with zero attached hydrogens (tertiary/aromatic N) is 1. The van der Waals surface area contributed by atoms with E-state index in [-0.39, 0.29) is 11.9 Å². The predicted molar refractivity (Wildman–Crippen MR) is 81.2 cm³/mol. The summed E-state index contributed by atoms with van der Waals surface area (Å²) in [6.45, 7) is 3.89. The van der Waals surface area contributed by atoms with Crippen molar-refractivity contribution in [1.29, 1.82) is 0 Å². The zero-order valence-corrected chi connectivity index (χ0v) is 12.4. The van der Waals surface area contributed by atoms with Crippen molar-refractivity contribution < 1.29 is 9.13 Å². The van der Waals surface area contributed by atoms with Crippen molar-refractivity contribution in [3.05, 3.63) is 35.6 Å². The Bertz CT molecular complexity index is 435. The third kappa shape index (κ3) is 4.13. The first-order valence-electron chi connectivity index (χ1n) is 6.73. The molecule has 1 aliphatic heterocycles. The number of hydrogen-bond acceptors (Lipinski definition) is 3. The van der Waals surface area contributed by atoms with E-state index >= 15 is 0 Å². The fourth-order valence-corrected chi connectivity index (χ4v) is 2.39. The summed E-state index contributed by atoms with van der Waals surface area (Å²) in [6.07, 6.45) is 0. The first-order valence-corrected chi connectivity index (χ1v) is 7.14. The van der Waals surface area contributed by atoms with E-state index in [4.69, 9.17) is 17.0 Å². The highest BCUT2D eigenvalue weighted by atomic mass is 32.1.